The van der Waals surface area contributed by atoms with Crippen LogP contribution in [0, 0.1) is 0 Å². The van der Waals surface area contributed by atoms with Crippen LogP contribution in [-0.2, 0) is 0 Å². The molecule has 9 rings (SSSR count). The normalized spacial score (nSPS) is 11.4. The fourth-order valence-corrected chi connectivity index (χ4v) is 7.01. The summed E-state index contributed by atoms with van der Waals surface area (Å²) in [5.41, 5.74) is 11.1. The Labute approximate surface area is 286 Å². The van der Waals surface area contributed by atoms with Crippen LogP contribution < -0.4 is 14.5 Å². The molecule has 8 aromatic carbocycles. The number of fused-ring (bicyclic) bond motifs is 2. The van der Waals surface area contributed by atoms with Crippen molar-refractivity contribution in [2.45, 2.75) is 0 Å². The minimum Gasteiger partial charge on any atom is -0.456 e. The van der Waals surface area contributed by atoms with Gasteiger partial charge in [0, 0.05) is 39.8 Å². The molecule has 49 heavy (non-hydrogen) atoms. The monoisotopic (exact) mass is 628 g/mol. The van der Waals surface area contributed by atoms with E-state index in [1.165, 1.54) is 11.1 Å². The number of hydrogen-bond donors (Lipinski definition) is 0. The summed E-state index contributed by atoms with van der Waals surface area (Å²) in [6.07, 6.45) is 0. The van der Waals surface area contributed by atoms with Gasteiger partial charge in [0.05, 0.1) is 11.4 Å². The Morgan fingerprint density at radius 3 is 1.51 bits per heavy atom. The van der Waals surface area contributed by atoms with Gasteiger partial charge in [-0.15, -0.1) is 0 Å². The van der Waals surface area contributed by atoms with Crippen LogP contribution in [0.25, 0.3) is 33.0 Å². The first-order chi connectivity index (χ1) is 24.3. The highest BCUT2D eigenvalue weighted by Crippen LogP contribution is 2.54. The van der Waals surface area contributed by atoms with E-state index in [1.807, 2.05) is 0 Å². The van der Waals surface area contributed by atoms with Gasteiger partial charge in [-0.25, -0.2) is 0 Å². The van der Waals surface area contributed by atoms with E-state index in [-0.39, 0.29) is 0 Å². The molecule has 232 valence electrons. The van der Waals surface area contributed by atoms with E-state index in [2.05, 4.69) is 204 Å². The van der Waals surface area contributed by atoms with E-state index >= 15 is 0 Å². The predicted octanol–water partition coefficient (Wildman–Crippen LogP) is 13.2. The van der Waals surface area contributed by atoms with Crippen LogP contribution in [-0.4, -0.2) is 0 Å². The number of ether oxygens (including phenoxy) is 1. The molecule has 0 N–H and O–H groups in total. The van der Waals surface area contributed by atoms with Crippen molar-refractivity contribution in [3.8, 4) is 33.8 Å². The number of nitrogens with zero attached hydrogens (tertiary/aromatic N) is 2. The van der Waals surface area contributed by atoms with E-state index in [0.717, 1.165) is 67.5 Å². The topological polar surface area (TPSA) is 15.7 Å². The second kappa shape index (κ2) is 12.2. The molecular formula is C46H32N2O. The second-order valence-electron chi connectivity index (χ2n) is 12.2. The Balaban J connectivity index is 1.20. The van der Waals surface area contributed by atoms with E-state index < -0.39 is 0 Å². The zero-order valence-corrected chi connectivity index (χ0v) is 26.8. The molecule has 3 heteroatoms. The highest BCUT2D eigenvalue weighted by molar-refractivity contribution is 6.09. The molecule has 3 nitrogen and oxygen atoms in total. The molecule has 0 spiro atoms. The van der Waals surface area contributed by atoms with Crippen LogP contribution in [0.5, 0.6) is 11.5 Å². The zero-order chi connectivity index (χ0) is 32.6. The smallest absolute Gasteiger partial charge is 0.138 e. The maximum Gasteiger partial charge on any atom is 0.138 e. The lowest BCUT2D eigenvalue weighted by Gasteiger charge is -2.32. The van der Waals surface area contributed by atoms with Gasteiger partial charge in [0.2, 0.25) is 0 Å². The molecule has 0 unspecified atom stereocenters. The molecule has 0 fully saturated rings. The molecule has 0 aliphatic carbocycles. The third-order valence-corrected chi connectivity index (χ3v) is 9.19. The summed E-state index contributed by atoms with van der Waals surface area (Å²) in [5.74, 6) is 1.69. The van der Waals surface area contributed by atoms with Crippen molar-refractivity contribution in [1.82, 2.24) is 0 Å². The molecule has 0 radical (unpaired) electrons. The Morgan fingerprint density at radius 2 is 0.878 bits per heavy atom. The van der Waals surface area contributed by atoms with Crippen LogP contribution in [0.2, 0.25) is 0 Å². The zero-order valence-electron chi connectivity index (χ0n) is 26.8. The largest absolute Gasteiger partial charge is 0.456 e. The van der Waals surface area contributed by atoms with E-state index in [9.17, 15) is 0 Å². The Kier molecular flexibility index (Phi) is 7.14. The standard InChI is InChI=1S/C46H32N2O/c1-5-15-33(16-6-1)34-27-29-39(30-28-34)47(36-18-7-2-8-19-36)40-31-35-17-13-24-41-45(35)44(32-40)49-43-26-14-25-42(46(41)43)48(37-20-9-3-10-21-37)38-22-11-4-12-23-38/h1-32H. The molecule has 1 heterocycles. The van der Waals surface area contributed by atoms with Gasteiger partial charge in [0.25, 0.3) is 0 Å². The van der Waals surface area contributed by atoms with Gasteiger partial charge >= 0.3 is 0 Å². The first kappa shape index (κ1) is 28.6. The van der Waals surface area contributed by atoms with Crippen molar-refractivity contribution in [2.75, 3.05) is 9.80 Å². The SMILES string of the molecule is c1ccc(-c2ccc(N(c3ccccc3)c3cc4c5c(cccc5c3)-c3c(cccc3N(c3ccccc3)c3ccccc3)O4)cc2)cc1. The summed E-state index contributed by atoms with van der Waals surface area (Å²) in [5, 5.41) is 2.23. The fraction of sp³-hybridized carbons (Fsp3) is 0. The molecular weight excluding hydrogens is 597 g/mol. The molecule has 0 amide bonds. The maximum atomic E-state index is 6.90. The Hall–Kier alpha value is -6.58. The average molecular weight is 629 g/mol. The van der Waals surface area contributed by atoms with E-state index in [4.69, 9.17) is 4.74 Å². The Bertz CT molecular complexity index is 2350. The van der Waals surface area contributed by atoms with Crippen LogP contribution in [0.3, 0.4) is 0 Å². The van der Waals surface area contributed by atoms with Crippen molar-refractivity contribution in [1.29, 1.82) is 0 Å². The van der Waals surface area contributed by atoms with Gasteiger partial charge in [-0.1, -0.05) is 121 Å². The summed E-state index contributed by atoms with van der Waals surface area (Å²) in [7, 11) is 0. The number of anilines is 6. The van der Waals surface area contributed by atoms with Crippen LogP contribution >= 0.6 is 0 Å². The third kappa shape index (κ3) is 5.18. The highest BCUT2D eigenvalue weighted by atomic mass is 16.5. The molecule has 0 atom stereocenters. The first-order valence-corrected chi connectivity index (χ1v) is 16.6. The van der Waals surface area contributed by atoms with Crippen molar-refractivity contribution in [2.24, 2.45) is 0 Å². The third-order valence-electron chi connectivity index (χ3n) is 9.19. The van der Waals surface area contributed by atoms with Crippen molar-refractivity contribution >= 4 is 44.9 Å². The maximum absolute atomic E-state index is 6.90. The molecule has 0 bridgehead atoms. The van der Waals surface area contributed by atoms with Crippen LogP contribution in [0.1, 0.15) is 0 Å². The summed E-state index contributed by atoms with van der Waals surface area (Å²) in [6.45, 7) is 0. The van der Waals surface area contributed by atoms with Crippen LogP contribution in [0.4, 0.5) is 34.1 Å². The van der Waals surface area contributed by atoms with E-state index in [1.54, 1.807) is 0 Å². The predicted molar refractivity (Wildman–Crippen MR) is 204 cm³/mol. The molecule has 1 aliphatic rings. The minimum atomic E-state index is 0.838. The number of rotatable bonds is 7. The van der Waals surface area contributed by atoms with Gasteiger partial charge < -0.3 is 14.5 Å². The second-order valence-corrected chi connectivity index (χ2v) is 12.2. The highest BCUT2D eigenvalue weighted by Gasteiger charge is 2.27. The first-order valence-electron chi connectivity index (χ1n) is 16.6. The van der Waals surface area contributed by atoms with Crippen molar-refractivity contribution < 1.29 is 4.74 Å². The molecule has 0 saturated heterocycles. The lowest BCUT2D eigenvalue weighted by molar-refractivity contribution is 0.487. The van der Waals surface area contributed by atoms with Gasteiger partial charge in [0.1, 0.15) is 11.5 Å². The molecule has 0 saturated carbocycles. The summed E-state index contributed by atoms with van der Waals surface area (Å²) in [4.78, 5) is 4.62. The molecule has 8 aromatic rings. The van der Waals surface area contributed by atoms with Gasteiger partial charge in [-0.2, -0.15) is 0 Å². The van der Waals surface area contributed by atoms with E-state index in [0.29, 0.717) is 0 Å². The van der Waals surface area contributed by atoms with Gasteiger partial charge in [-0.05, 0) is 88.8 Å². The van der Waals surface area contributed by atoms with Gasteiger partial charge in [0.15, 0.2) is 0 Å². The lowest BCUT2D eigenvalue weighted by atomic mass is 9.92. The summed E-state index contributed by atoms with van der Waals surface area (Å²) >= 11 is 0. The quantitative estimate of drug-likeness (QED) is 0.175. The molecule has 1 aliphatic heterocycles. The minimum absolute atomic E-state index is 0.838. The average Bonchev–Trinajstić information content (AvgIpc) is 3.17. The molecule has 0 aromatic heterocycles. The van der Waals surface area contributed by atoms with Crippen molar-refractivity contribution in [3.63, 3.8) is 0 Å². The summed E-state index contributed by atoms with van der Waals surface area (Å²) < 4.78 is 6.90. The fourth-order valence-electron chi connectivity index (χ4n) is 7.01. The number of para-hydroxylation sites is 3. The Morgan fingerprint density at radius 1 is 0.347 bits per heavy atom. The summed E-state index contributed by atoms with van der Waals surface area (Å²) in [6, 6.07) is 68.3. The van der Waals surface area contributed by atoms with Crippen LogP contribution in [0.15, 0.2) is 194 Å². The van der Waals surface area contributed by atoms with Crippen molar-refractivity contribution in [3.05, 3.63) is 194 Å². The van der Waals surface area contributed by atoms with Gasteiger partial charge in [-0.3, -0.25) is 0 Å². The number of hydrogen-bond acceptors (Lipinski definition) is 3. The number of benzene rings is 8. The lowest BCUT2D eigenvalue weighted by Crippen LogP contribution is -2.13.